The molecule has 2 aromatic carbocycles. The highest BCUT2D eigenvalue weighted by molar-refractivity contribution is 5.92. The average Bonchev–Trinajstić information content (AvgIpc) is 3.14. The molecule has 2 amide bonds. The number of amides is 2. The van der Waals surface area contributed by atoms with Crippen molar-refractivity contribution >= 4 is 23.7 Å². The van der Waals surface area contributed by atoms with Gasteiger partial charge in [-0.25, -0.2) is 5.43 Å². The van der Waals surface area contributed by atoms with Gasteiger partial charge in [-0.05, 0) is 67.9 Å². The standard InChI is InChI=1S/C24H27N5O5/c1-16-11-17(2)29(28-16)14-23(30)27-25-13-18-5-10-21(22(12-18)33-4)34-15-24(31)26-19-6-8-20(32-3)9-7-19/h5-13H,14-15H2,1-4H3,(H,26,31)(H,27,30). The van der Waals surface area contributed by atoms with Crippen LogP contribution in [0, 0.1) is 13.8 Å². The van der Waals surface area contributed by atoms with Gasteiger partial charge >= 0.3 is 0 Å². The number of aryl methyl sites for hydroxylation is 2. The Labute approximate surface area is 197 Å². The fourth-order valence-electron chi connectivity index (χ4n) is 3.08. The molecule has 0 saturated heterocycles. The predicted molar refractivity (Wildman–Crippen MR) is 128 cm³/mol. The quantitative estimate of drug-likeness (QED) is 0.351. The van der Waals surface area contributed by atoms with Crippen LogP contribution in [0.25, 0.3) is 0 Å². The summed E-state index contributed by atoms with van der Waals surface area (Å²) in [4.78, 5) is 24.3. The molecule has 0 aliphatic heterocycles. The summed E-state index contributed by atoms with van der Waals surface area (Å²) in [6.45, 7) is 3.63. The van der Waals surface area contributed by atoms with Gasteiger partial charge in [0.25, 0.3) is 11.8 Å². The molecular formula is C24H27N5O5. The van der Waals surface area contributed by atoms with Crippen LogP contribution in [0.2, 0.25) is 0 Å². The zero-order valence-corrected chi connectivity index (χ0v) is 19.5. The molecule has 1 aromatic heterocycles. The maximum absolute atomic E-state index is 12.2. The minimum Gasteiger partial charge on any atom is -0.497 e. The number of nitrogens with one attached hydrogen (secondary N) is 2. The van der Waals surface area contributed by atoms with Gasteiger partial charge in [0.05, 0.1) is 26.1 Å². The summed E-state index contributed by atoms with van der Waals surface area (Å²) < 4.78 is 17.7. The van der Waals surface area contributed by atoms with Crippen LogP contribution >= 0.6 is 0 Å². The van der Waals surface area contributed by atoms with E-state index in [0.717, 1.165) is 11.4 Å². The first kappa shape index (κ1) is 24.3. The molecule has 0 atom stereocenters. The van der Waals surface area contributed by atoms with Crippen LogP contribution in [0.4, 0.5) is 5.69 Å². The molecule has 0 bridgehead atoms. The van der Waals surface area contributed by atoms with Crippen LogP contribution in [0.1, 0.15) is 17.0 Å². The number of nitrogens with zero attached hydrogens (tertiary/aromatic N) is 3. The van der Waals surface area contributed by atoms with Crippen molar-refractivity contribution < 1.29 is 23.8 Å². The molecule has 1 heterocycles. The van der Waals surface area contributed by atoms with Crippen molar-refractivity contribution in [3.05, 3.63) is 65.5 Å². The van der Waals surface area contributed by atoms with Crippen molar-refractivity contribution in [1.82, 2.24) is 15.2 Å². The molecule has 0 unspecified atom stereocenters. The lowest BCUT2D eigenvalue weighted by Gasteiger charge is -2.11. The number of anilines is 1. The highest BCUT2D eigenvalue weighted by Crippen LogP contribution is 2.27. The molecule has 0 saturated carbocycles. The van der Waals surface area contributed by atoms with Crippen LogP contribution in [0.15, 0.2) is 53.6 Å². The highest BCUT2D eigenvalue weighted by Gasteiger charge is 2.10. The molecule has 0 spiro atoms. The number of benzene rings is 2. The van der Waals surface area contributed by atoms with E-state index in [0.29, 0.717) is 28.5 Å². The number of hydrogen-bond donors (Lipinski definition) is 2. The summed E-state index contributed by atoms with van der Waals surface area (Å²) in [6.07, 6.45) is 1.49. The predicted octanol–water partition coefficient (Wildman–Crippen LogP) is 2.68. The van der Waals surface area contributed by atoms with Crippen LogP contribution < -0.4 is 25.0 Å². The molecule has 0 fully saturated rings. The van der Waals surface area contributed by atoms with Crippen molar-refractivity contribution in [1.29, 1.82) is 0 Å². The van der Waals surface area contributed by atoms with Crippen LogP contribution in [0.5, 0.6) is 17.2 Å². The smallest absolute Gasteiger partial charge is 0.262 e. The zero-order chi connectivity index (χ0) is 24.5. The molecule has 10 heteroatoms. The first-order valence-electron chi connectivity index (χ1n) is 10.5. The Hall–Kier alpha value is -4.34. The summed E-state index contributed by atoms with van der Waals surface area (Å²) in [5, 5.41) is 11.0. The second-order valence-electron chi connectivity index (χ2n) is 7.35. The van der Waals surface area contributed by atoms with Gasteiger partial charge in [-0.1, -0.05) is 0 Å². The summed E-state index contributed by atoms with van der Waals surface area (Å²) in [5.74, 6) is 0.916. The van der Waals surface area contributed by atoms with Gasteiger partial charge < -0.3 is 19.5 Å². The fraction of sp³-hybridized carbons (Fsp3) is 0.250. The second kappa shape index (κ2) is 11.5. The molecule has 3 rings (SSSR count). The van der Waals surface area contributed by atoms with Gasteiger partial charge in [0, 0.05) is 11.4 Å². The van der Waals surface area contributed by atoms with Crippen molar-refractivity contribution in [2.45, 2.75) is 20.4 Å². The van der Waals surface area contributed by atoms with Crippen molar-refractivity contribution in [3.8, 4) is 17.2 Å². The van der Waals surface area contributed by atoms with Crippen molar-refractivity contribution in [2.75, 3.05) is 26.1 Å². The van der Waals surface area contributed by atoms with E-state index in [9.17, 15) is 9.59 Å². The molecule has 0 radical (unpaired) electrons. The number of methoxy groups -OCH3 is 2. The molecule has 34 heavy (non-hydrogen) atoms. The number of aromatic nitrogens is 2. The van der Waals surface area contributed by atoms with E-state index in [2.05, 4.69) is 20.9 Å². The van der Waals surface area contributed by atoms with E-state index in [1.807, 2.05) is 19.9 Å². The Morgan fingerprint density at radius 1 is 1.00 bits per heavy atom. The lowest BCUT2D eigenvalue weighted by molar-refractivity contribution is -0.122. The third-order valence-electron chi connectivity index (χ3n) is 4.72. The molecular weight excluding hydrogens is 438 g/mol. The summed E-state index contributed by atoms with van der Waals surface area (Å²) in [6, 6.07) is 14.0. The van der Waals surface area contributed by atoms with Crippen molar-refractivity contribution in [2.24, 2.45) is 5.10 Å². The molecule has 2 N–H and O–H groups in total. The number of carbonyl (C=O) groups excluding carboxylic acids is 2. The van der Waals surface area contributed by atoms with Crippen LogP contribution in [0.3, 0.4) is 0 Å². The Bertz CT molecular complexity index is 1170. The van der Waals surface area contributed by atoms with E-state index < -0.39 is 0 Å². The topological polar surface area (TPSA) is 116 Å². The maximum Gasteiger partial charge on any atom is 0.262 e. The molecule has 178 valence electrons. The van der Waals surface area contributed by atoms with Gasteiger partial charge in [-0.3, -0.25) is 14.3 Å². The van der Waals surface area contributed by atoms with Gasteiger partial charge in [0.1, 0.15) is 12.3 Å². The average molecular weight is 466 g/mol. The third kappa shape index (κ3) is 6.83. The van der Waals surface area contributed by atoms with E-state index >= 15 is 0 Å². The van der Waals surface area contributed by atoms with Gasteiger partial charge in [0.2, 0.25) is 0 Å². The van der Waals surface area contributed by atoms with Crippen LogP contribution in [-0.2, 0) is 16.1 Å². The van der Waals surface area contributed by atoms with E-state index in [4.69, 9.17) is 14.2 Å². The lowest BCUT2D eigenvalue weighted by atomic mass is 10.2. The van der Waals surface area contributed by atoms with E-state index in [1.165, 1.54) is 13.3 Å². The Morgan fingerprint density at radius 3 is 2.41 bits per heavy atom. The molecule has 10 nitrogen and oxygen atoms in total. The Morgan fingerprint density at radius 2 is 1.76 bits per heavy atom. The Balaban J connectivity index is 1.52. The van der Waals surface area contributed by atoms with E-state index in [1.54, 1.807) is 54.3 Å². The first-order chi connectivity index (χ1) is 16.4. The summed E-state index contributed by atoms with van der Waals surface area (Å²) >= 11 is 0. The Kier molecular flexibility index (Phi) is 8.22. The largest absolute Gasteiger partial charge is 0.497 e. The number of hydrazone groups is 1. The second-order valence-corrected chi connectivity index (χ2v) is 7.35. The maximum atomic E-state index is 12.2. The zero-order valence-electron chi connectivity index (χ0n) is 19.5. The number of carbonyl (C=O) groups is 2. The SMILES string of the molecule is COc1ccc(NC(=O)COc2ccc(C=NNC(=O)Cn3nc(C)cc3C)cc2OC)cc1. The van der Waals surface area contributed by atoms with Gasteiger partial charge in [0.15, 0.2) is 18.1 Å². The normalized spacial score (nSPS) is 10.7. The van der Waals surface area contributed by atoms with Crippen molar-refractivity contribution in [3.63, 3.8) is 0 Å². The molecule has 3 aromatic rings. The first-order valence-corrected chi connectivity index (χ1v) is 10.5. The highest BCUT2D eigenvalue weighted by atomic mass is 16.5. The molecule has 0 aliphatic carbocycles. The fourth-order valence-corrected chi connectivity index (χ4v) is 3.08. The van der Waals surface area contributed by atoms with Gasteiger partial charge in [-0.15, -0.1) is 0 Å². The third-order valence-corrected chi connectivity index (χ3v) is 4.72. The van der Waals surface area contributed by atoms with E-state index in [-0.39, 0.29) is 25.0 Å². The summed E-state index contributed by atoms with van der Waals surface area (Å²) in [5.41, 5.74) is 5.53. The summed E-state index contributed by atoms with van der Waals surface area (Å²) in [7, 11) is 3.07. The number of hydrogen-bond acceptors (Lipinski definition) is 7. The minimum atomic E-state index is -0.316. The number of ether oxygens (including phenoxy) is 3. The number of rotatable bonds is 10. The minimum absolute atomic E-state index is 0.0751. The van der Waals surface area contributed by atoms with Gasteiger partial charge in [-0.2, -0.15) is 10.2 Å². The van der Waals surface area contributed by atoms with Crippen LogP contribution in [-0.4, -0.2) is 48.6 Å². The monoisotopic (exact) mass is 465 g/mol. The molecule has 0 aliphatic rings. The lowest BCUT2D eigenvalue weighted by Crippen LogP contribution is -2.24.